The van der Waals surface area contributed by atoms with Gasteiger partial charge in [-0.2, -0.15) is 9.36 Å². The Balaban J connectivity index is 1.49. The van der Waals surface area contributed by atoms with E-state index in [4.69, 9.17) is 16.9 Å². The molecule has 0 bridgehead atoms. The summed E-state index contributed by atoms with van der Waals surface area (Å²) in [5.74, 6) is -2.97. The first-order valence-electron chi connectivity index (χ1n) is 10.1. The van der Waals surface area contributed by atoms with E-state index in [9.17, 15) is 24.7 Å². The lowest BCUT2D eigenvalue weighted by molar-refractivity contribution is -0.155. The van der Waals surface area contributed by atoms with Crippen LogP contribution in [0.15, 0.2) is 40.4 Å². The topological polar surface area (TPSA) is 224 Å². The average molecular weight is 488 g/mol. The molecule has 3 aliphatic rings. The van der Waals surface area contributed by atoms with Crippen molar-refractivity contribution in [2.75, 3.05) is 18.8 Å². The number of β-lactam (4-membered cyclic amide) rings is 1. The van der Waals surface area contributed by atoms with Crippen molar-refractivity contribution in [3.63, 3.8) is 0 Å². The Morgan fingerprint density at radius 3 is 2.79 bits per heavy atom. The number of allylic oxidation sites excluding steroid dienone is 2. The smallest absolute Gasteiger partial charge is 0.352 e. The molecular weight excluding hydrogens is 466 g/mol. The summed E-state index contributed by atoms with van der Waals surface area (Å²) in [7, 11) is 0. The van der Waals surface area contributed by atoms with Crippen LogP contribution in [0.5, 0.6) is 0 Å². The zero-order valence-corrected chi connectivity index (χ0v) is 18.4. The van der Waals surface area contributed by atoms with Crippen molar-refractivity contribution >= 4 is 46.0 Å². The number of rotatable bonds is 7. The molecule has 15 heteroatoms. The van der Waals surface area contributed by atoms with Gasteiger partial charge in [-0.15, -0.1) is 0 Å². The highest BCUT2D eigenvalue weighted by molar-refractivity contribution is 7.09. The van der Waals surface area contributed by atoms with Gasteiger partial charge >= 0.3 is 5.97 Å². The van der Waals surface area contributed by atoms with Gasteiger partial charge in [-0.1, -0.05) is 11.2 Å². The molecule has 4 rings (SSSR count). The van der Waals surface area contributed by atoms with Crippen molar-refractivity contribution in [3.8, 4) is 0 Å². The third kappa shape index (κ3) is 4.07. The first-order valence-corrected chi connectivity index (χ1v) is 10.8. The molecule has 0 aromatic carbocycles. The number of carbonyl (C=O) groups excluding carboxylic acids is 2. The number of oxime groups is 1. The monoisotopic (exact) mass is 487 g/mol. The number of fused-ring (bicyclic) bond motifs is 1. The van der Waals surface area contributed by atoms with Crippen LogP contribution in [-0.4, -0.2) is 84.0 Å². The summed E-state index contributed by atoms with van der Waals surface area (Å²) in [5.41, 5.74) is 11.6. The van der Waals surface area contributed by atoms with Crippen molar-refractivity contribution in [2.45, 2.75) is 24.9 Å². The Labute approximate surface area is 196 Å². The van der Waals surface area contributed by atoms with E-state index < -0.39 is 35.6 Å². The number of nitrogens with zero attached hydrogens (tertiary/aromatic N) is 5. The molecule has 1 fully saturated rings. The molecule has 1 aromatic rings. The minimum absolute atomic E-state index is 0.0664. The summed E-state index contributed by atoms with van der Waals surface area (Å²) >= 11 is 0.810. The standard InChI is InChI=1S/C19H21N9O5S/c20-14(21)9-2-1-5-27(7-9)6-8-3-4-10-11(17(30)28(10)13(8)18(31)32)23-16(29)12(25-33)15-24-19(22)34-26-15/h1-2,5,10-11,33H,3-4,6-7H2,(H3,20,21)(H,23,29)(H,31,32)(H2,22,24,26)/b25-12-/t10?,11-/m0/s1. The molecule has 8 N–H and O–H groups in total. The number of amides is 2. The van der Waals surface area contributed by atoms with Crippen LogP contribution in [0.25, 0.3) is 0 Å². The summed E-state index contributed by atoms with van der Waals surface area (Å²) in [5, 5.41) is 32.1. The molecule has 2 amide bonds. The maximum absolute atomic E-state index is 12.9. The van der Waals surface area contributed by atoms with E-state index in [2.05, 4.69) is 19.8 Å². The number of anilines is 1. The van der Waals surface area contributed by atoms with Gasteiger partial charge in [0.15, 0.2) is 5.13 Å². The van der Waals surface area contributed by atoms with Gasteiger partial charge in [0, 0.05) is 30.2 Å². The number of carboxylic acids is 1. The average Bonchev–Trinajstić information content (AvgIpc) is 3.23. The van der Waals surface area contributed by atoms with Crippen molar-refractivity contribution < 1.29 is 24.7 Å². The molecule has 0 aliphatic carbocycles. The Kier molecular flexibility index (Phi) is 6.02. The quantitative estimate of drug-likeness (QED) is 0.0887. The number of carbonyl (C=O) groups is 3. The molecule has 178 valence electrons. The normalized spacial score (nSPS) is 22.2. The van der Waals surface area contributed by atoms with Gasteiger partial charge in [0.05, 0.1) is 6.04 Å². The molecule has 0 spiro atoms. The lowest BCUT2D eigenvalue weighted by atomic mass is 9.83. The molecule has 1 unspecified atom stereocenters. The van der Waals surface area contributed by atoms with Crippen LogP contribution in [0.4, 0.5) is 5.13 Å². The van der Waals surface area contributed by atoms with E-state index in [0.29, 0.717) is 30.5 Å². The second-order valence-corrected chi connectivity index (χ2v) is 8.56. The highest BCUT2D eigenvalue weighted by atomic mass is 32.1. The molecule has 2 atom stereocenters. The number of nitrogens with one attached hydrogen (secondary N) is 2. The number of aromatic nitrogens is 2. The minimum atomic E-state index is -1.25. The van der Waals surface area contributed by atoms with E-state index in [1.807, 2.05) is 4.90 Å². The van der Waals surface area contributed by atoms with Crippen LogP contribution in [0.1, 0.15) is 18.7 Å². The highest BCUT2D eigenvalue weighted by Gasteiger charge is 2.53. The largest absolute Gasteiger partial charge is 0.477 e. The van der Waals surface area contributed by atoms with Gasteiger partial charge in [0.25, 0.3) is 11.8 Å². The van der Waals surface area contributed by atoms with Crippen LogP contribution in [0, 0.1) is 5.41 Å². The van der Waals surface area contributed by atoms with E-state index in [0.717, 1.165) is 11.5 Å². The van der Waals surface area contributed by atoms with E-state index >= 15 is 0 Å². The zero-order chi connectivity index (χ0) is 24.6. The number of carboxylic acid groups (broad SMARTS) is 1. The summed E-state index contributed by atoms with van der Waals surface area (Å²) in [6, 6.07) is -1.55. The third-order valence-electron chi connectivity index (χ3n) is 5.70. The number of nitrogen functional groups attached to an aromatic ring is 1. The van der Waals surface area contributed by atoms with E-state index in [1.54, 1.807) is 18.4 Å². The van der Waals surface area contributed by atoms with Gasteiger partial charge in [-0.3, -0.25) is 19.9 Å². The predicted molar refractivity (Wildman–Crippen MR) is 120 cm³/mol. The van der Waals surface area contributed by atoms with Gasteiger partial charge < -0.3 is 32.0 Å². The number of amidine groups is 1. The predicted octanol–water partition coefficient (Wildman–Crippen LogP) is -1.18. The second-order valence-electron chi connectivity index (χ2n) is 7.78. The van der Waals surface area contributed by atoms with Crippen LogP contribution in [0.3, 0.4) is 0 Å². The molecule has 4 heterocycles. The SMILES string of the molecule is N=C(N)C1=CC=CN(CC2=C(C(=O)O)N3C(=O)[C@@H](NC(=O)/C(=N\O)c4nsc(N)n4)C3CC2)C1. The fourth-order valence-electron chi connectivity index (χ4n) is 4.16. The van der Waals surface area contributed by atoms with Gasteiger partial charge in [-0.05, 0) is 30.7 Å². The number of hydrogen-bond donors (Lipinski definition) is 6. The van der Waals surface area contributed by atoms with E-state index in [1.165, 1.54) is 4.90 Å². The molecule has 0 radical (unpaired) electrons. The van der Waals surface area contributed by atoms with Gasteiger partial charge in [0.1, 0.15) is 17.6 Å². The van der Waals surface area contributed by atoms with Crippen LogP contribution < -0.4 is 16.8 Å². The summed E-state index contributed by atoms with van der Waals surface area (Å²) in [4.78, 5) is 44.3. The lowest BCUT2D eigenvalue weighted by Crippen LogP contribution is -2.72. The molecule has 0 saturated carbocycles. The van der Waals surface area contributed by atoms with Gasteiger partial charge in [0.2, 0.25) is 11.5 Å². The van der Waals surface area contributed by atoms with Crippen molar-refractivity contribution in [1.29, 1.82) is 5.41 Å². The minimum Gasteiger partial charge on any atom is -0.477 e. The fraction of sp³-hybridized carbons (Fsp3) is 0.316. The summed E-state index contributed by atoms with van der Waals surface area (Å²) in [6.45, 7) is 0.589. The van der Waals surface area contributed by atoms with Gasteiger partial charge in [-0.25, -0.2) is 4.79 Å². The third-order valence-corrected chi connectivity index (χ3v) is 6.25. The maximum atomic E-state index is 12.9. The highest BCUT2D eigenvalue weighted by Crippen LogP contribution is 2.37. The zero-order valence-electron chi connectivity index (χ0n) is 17.6. The maximum Gasteiger partial charge on any atom is 0.352 e. The molecule has 1 saturated heterocycles. The van der Waals surface area contributed by atoms with Crippen LogP contribution in [0.2, 0.25) is 0 Å². The first-order chi connectivity index (χ1) is 16.2. The number of nitrogens with two attached hydrogens (primary N) is 2. The fourth-order valence-corrected chi connectivity index (χ4v) is 4.59. The van der Waals surface area contributed by atoms with Crippen LogP contribution >= 0.6 is 11.5 Å². The van der Waals surface area contributed by atoms with Crippen molar-refractivity contribution in [2.24, 2.45) is 10.9 Å². The lowest BCUT2D eigenvalue weighted by Gasteiger charge is -2.50. The molecule has 1 aromatic heterocycles. The Morgan fingerprint density at radius 1 is 1.41 bits per heavy atom. The Morgan fingerprint density at radius 2 is 2.18 bits per heavy atom. The molecule has 14 nitrogen and oxygen atoms in total. The van der Waals surface area contributed by atoms with Crippen molar-refractivity contribution in [3.05, 3.63) is 41.0 Å². The van der Waals surface area contributed by atoms with Crippen LogP contribution in [-0.2, 0) is 14.4 Å². The molecular formula is C19H21N9O5S. The second kappa shape index (κ2) is 8.93. The molecule has 34 heavy (non-hydrogen) atoms. The number of aliphatic carboxylic acids is 1. The summed E-state index contributed by atoms with van der Waals surface area (Å²) < 4.78 is 3.81. The molecule has 3 aliphatic heterocycles. The Hall–Kier alpha value is -4.27. The number of hydrogen-bond acceptors (Lipinski definition) is 11. The Bertz CT molecular complexity index is 1200. The first kappa shape index (κ1) is 22.9. The summed E-state index contributed by atoms with van der Waals surface area (Å²) in [6.07, 6.45) is 6.01. The van der Waals surface area contributed by atoms with E-state index in [-0.39, 0.29) is 29.0 Å². The van der Waals surface area contributed by atoms with Crippen molar-refractivity contribution in [1.82, 2.24) is 24.5 Å².